The molecule has 0 saturated heterocycles. The molecule has 3 nitrogen and oxygen atoms in total. The number of hydrogen-bond acceptors (Lipinski definition) is 3. The molecule has 5 heteroatoms. The number of aliphatic hydroxyl groups excluding tert-OH is 1. The molecule has 0 bridgehead atoms. The van der Waals surface area contributed by atoms with Gasteiger partial charge in [-0.15, -0.1) is 12.4 Å². The topological polar surface area (TPSA) is 55.5 Å². The second-order valence-electron chi connectivity index (χ2n) is 3.36. The summed E-state index contributed by atoms with van der Waals surface area (Å²) in [6, 6.07) is 4.06. The van der Waals surface area contributed by atoms with E-state index < -0.39 is 0 Å². The van der Waals surface area contributed by atoms with Crippen molar-refractivity contribution in [3.05, 3.63) is 29.6 Å². The molecule has 3 N–H and O–H groups in total. The van der Waals surface area contributed by atoms with Gasteiger partial charge < -0.3 is 15.6 Å². The van der Waals surface area contributed by atoms with Gasteiger partial charge in [0.2, 0.25) is 0 Å². The fourth-order valence-electron chi connectivity index (χ4n) is 1.46. The number of ether oxygens (including phenoxy) is 1. The number of rotatable bonds is 5. The minimum Gasteiger partial charge on any atom is -0.496 e. The quantitative estimate of drug-likeness (QED) is 0.840. The Bertz CT molecular complexity index is 323. The predicted octanol–water partition coefficient (Wildman–Crippen LogP) is 2.03. The molecule has 0 aliphatic carbocycles. The molecule has 0 radical (unpaired) electrons. The zero-order valence-electron chi connectivity index (χ0n) is 9.15. The van der Waals surface area contributed by atoms with Gasteiger partial charge in [-0.3, -0.25) is 0 Å². The molecule has 0 heterocycles. The van der Waals surface area contributed by atoms with Gasteiger partial charge in [0.1, 0.15) is 11.6 Å². The number of halogens is 2. The highest BCUT2D eigenvalue weighted by Crippen LogP contribution is 2.26. The van der Waals surface area contributed by atoms with Crippen molar-refractivity contribution >= 4 is 12.4 Å². The first-order valence-electron chi connectivity index (χ1n) is 4.89. The fraction of sp³-hybridized carbons (Fsp3) is 0.455. The van der Waals surface area contributed by atoms with E-state index in [1.54, 1.807) is 6.07 Å². The number of aliphatic hydroxyl groups is 1. The zero-order chi connectivity index (χ0) is 11.3. The van der Waals surface area contributed by atoms with E-state index in [9.17, 15) is 4.39 Å². The molecular formula is C11H17ClFNO2. The molecular weight excluding hydrogens is 233 g/mol. The van der Waals surface area contributed by atoms with Crippen molar-refractivity contribution in [3.63, 3.8) is 0 Å². The van der Waals surface area contributed by atoms with E-state index in [-0.39, 0.29) is 30.9 Å². The molecule has 0 unspecified atom stereocenters. The van der Waals surface area contributed by atoms with Gasteiger partial charge in [-0.05, 0) is 18.9 Å². The summed E-state index contributed by atoms with van der Waals surface area (Å²) >= 11 is 0. The lowest BCUT2D eigenvalue weighted by Crippen LogP contribution is -2.12. The average molecular weight is 250 g/mol. The Labute approximate surface area is 101 Å². The van der Waals surface area contributed by atoms with Gasteiger partial charge in [0.25, 0.3) is 0 Å². The van der Waals surface area contributed by atoms with Crippen LogP contribution in [-0.4, -0.2) is 18.8 Å². The first-order valence-corrected chi connectivity index (χ1v) is 4.89. The Kier molecular flexibility index (Phi) is 7.05. The zero-order valence-corrected chi connectivity index (χ0v) is 9.97. The SMILES string of the molecule is COc1cc(F)ccc1[C@H](N)CCCO.Cl. The third kappa shape index (κ3) is 3.96. The van der Waals surface area contributed by atoms with Gasteiger partial charge in [-0.1, -0.05) is 6.07 Å². The third-order valence-corrected chi connectivity index (χ3v) is 2.27. The van der Waals surface area contributed by atoms with Crippen LogP contribution < -0.4 is 10.5 Å². The molecule has 0 spiro atoms. The monoisotopic (exact) mass is 249 g/mol. The van der Waals surface area contributed by atoms with E-state index in [1.165, 1.54) is 19.2 Å². The molecule has 92 valence electrons. The lowest BCUT2D eigenvalue weighted by atomic mass is 10.0. The van der Waals surface area contributed by atoms with E-state index in [4.69, 9.17) is 15.6 Å². The van der Waals surface area contributed by atoms with Crippen molar-refractivity contribution < 1.29 is 14.2 Å². The maximum Gasteiger partial charge on any atom is 0.126 e. The summed E-state index contributed by atoms with van der Waals surface area (Å²) in [7, 11) is 1.48. The van der Waals surface area contributed by atoms with Gasteiger partial charge in [0, 0.05) is 24.3 Å². The van der Waals surface area contributed by atoms with Crippen LogP contribution in [0.15, 0.2) is 18.2 Å². The standard InChI is InChI=1S/C11H16FNO2.ClH/c1-15-11-7-8(12)4-5-9(11)10(13)3-2-6-14;/h4-5,7,10,14H,2-3,6,13H2,1H3;1H/t10-;/m1./s1. The van der Waals surface area contributed by atoms with E-state index in [2.05, 4.69) is 0 Å². The summed E-state index contributed by atoms with van der Waals surface area (Å²) in [5.74, 6) is 0.116. The van der Waals surface area contributed by atoms with E-state index in [0.29, 0.717) is 18.6 Å². The summed E-state index contributed by atoms with van der Waals surface area (Å²) in [5, 5.41) is 8.69. The number of benzene rings is 1. The average Bonchev–Trinajstić information content (AvgIpc) is 2.25. The van der Waals surface area contributed by atoms with E-state index in [1.807, 2.05) is 0 Å². The minimum absolute atomic E-state index is 0. The van der Waals surface area contributed by atoms with E-state index in [0.717, 1.165) is 5.56 Å². The van der Waals surface area contributed by atoms with Crippen molar-refractivity contribution in [3.8, 4) is 5.75 Å². The molecule has 1 aromatic rings. The summed E-state index contributed by atoms with van der Waals surface area (Å²) in [6.45, 7) is 0.108. The molecule has 0 amide bonds. The molecule has 1 aromatic carbocycles. The number of nitrogens with two attached hydrogens (primary N) is 1. The van der Waals surface area contributed by atoms with Gasteiger partial charge in [0.05, 0.1) is 7.11 Å². The van der Waals surface area contributed by atoms with Crippen molar-refractivity contribution in [2.24, 2.45) is 5.73 Å². The lowest BCUT2D eigenvalue weighted by Gasteiger charge is -2.15. The third-order valence-electron chi connectivity index (χ3n) is 2.27. The van der Waals surface area contributed by atoms with Crippen molar-refractivity contribution in [1.29, 1.82) is 0 Å². The van der Waals surface area contributed by atoms with Crippen LogP contribution in [-0.2, 0) is 0 Å². The van der Waals surface area contributed by atoms with Crippen LogP contribution in [0.1, 0.15) is 24.4 Å². The van der Waals surface area contributed by atoms with Crippen LogP contribution in [0.5, 0.6) is 5.75 Å². The Balaban J connectivity index is 0.00000225. The molecule has 1 atom stereocenters. The summed E-state index contributed by atoms with van der Waals surface area (Å²) in [4.78, 5) is 0. The normalized spacial score (nSPS) is 11.8. The second-order valence-corrected chi connectivity index (χ2v) is 3.36. The molecule has 16 heavy (non-hydrogen) atoms. The summed E-state index contributed by atoms with van der Waals surface area (Å²) in [5.41, 5.74) is 6.66. The van der Waals surface area contributed by atoms with E-state index >= 15 is 0 Å². The van der Waals surface area contributed by atoms with Gasteiger partial charge in [0.15, 0.2) is 0 Å². The van der Waals surface area contributed by atoms with Crippen molar-refractivity contribution in [2.45, 2.75) is 18.9 Å². The second kappa shape index (κ2) is 7.44. The highest BCUT2D eigenvalue weighted by Gasteiger charge is 2.12. The lowest BCUT2D eigenvalue weighted by molar-refractivity contribution is 0.279. The smallest absolute Gasteiger partial charge is 0.126 e. The maximum atomic E-state index is 12.9. The highest BCUT2D eigenvalue weighted by molar-refractivity contribution is 5.85. The molecule has 0 aromatic heterocycles. The van der Waals surface area contributed by atoms with Crippen molar-refractivity contribution in [2.75, 3.05) is 13.7 Å². The van der Waals surface area contributed by atoms with Crippen LogP contribution in [0.4, 0.5) is 4.39 Å². The Morgan fingerprint density at radius 3 is 2.75 bits per heavy atom. The molecule has 0 aliphatic rings. The summed E-state index contributed by atoms with van der Waals surface area (Å²) in [6.07, 6.45) is 1.28. The minimum atomic E-state index is -0.343. The number of hydrogen-bond donors (Lipinski definition) is 2. The highest BCUT2D eigenvalue weighted by atomic mass is 35.5. The largest absolute Gasteiger partial charge is 0.496 e. The molecule has 0 aliphatic heterocycles. The summed E-state index contributed by atoms with van der Waals surface area (Å²) < 4.78 is 17.9. The first kappa shape index (κ1) is 15.2. The van der Waals surface area contributed by atoms with Gasteiger partial charge in [-0.25, -0.2) is 4.39 Å². The molecule has 0 fully saturated rings. The van der Waals surface area contributed by atoms with Crippen LogP contribution in [0.25, 0.3) is 0 Å². The van der Waals surface area contributed by atoms with Crippen molar-refractivity contribution in [1.82, 2.24) is 0 Å². The first-order chi connectivity index (χ1) is 7.19. The van der Waals surface area contributed by atoms with Gasteiger partial charge in [-0.2, -0.15) is 0 Å². The Hall–Kier alpha value is -0.840. The predicted molar refractivity (Wildman–Crippen MR) is 63.4 cm³/mol. The van der Waals surface area contributed by atoms with Crippen LogP contribution in [0.3, 0.4) is 0 Å². The fourth-order valence-corrected chi connectivity index (χ4v) is 1.46. The van der Waals surface area contributed by atoms with Crippen LogP contribution in [0, 0.1) is 5.82 Å². The molecule has 0 saturated carbocycles. The van der Waals surface area contributed by atoms with Crippen LogP contribution >= 0.6 is 12.4 Å². The Morgan fingerprint density at radius 1 is 1.50 bits per heavy atom. The van der Waals surface area contributed by atoms with Gasteiger partial charge >= 0.3 is 0 Å². The van der Waals surface area contributed by atoms with Crippen LogP contribution in [0.2, 0.25) is 0 Å². The Morgan fingerprint density at radius 2 is 2.19 bits per heavy atom. The maximum absolute atomic E-state index is 12.9. The molecule has 1 rings (SSSR count). The number of methoxy groups -OCH3 is 1.